The molecule has 32 heavy (non-hydrogen) atoms. The Morgan fingerprint density at radius 2 is 1.16 bits per heavy atom. The number of unbranched alkanes of at least 4 members (excludes halogenated alkanes) is 15. The Bertz CT molecular complexity index is 534. The van der Waals surface area contributed by atoms with E-state index in [4.69, 9.17) is 0 Å². The third-order valence-electron chi connectivity index (χ3n) is 6.14. The van der Waals surface area contributed by atoms with Gasteiger partial charge >= 0.3 is 0 Å². The second-order valence-corrected chi connectivity index (χ2v) is 10.7. The molecule has 0 rings (SSSR count). The molecule has 1 atom stereocenters. The number of carbonyl (C=O) groups is 1. The van der Waals surface area contributed by atoms with Gasteiger partial charge in [-0.3, -0.25) is 0 Å². The van der Waals surface area contributed by atoms with Crippen molar-refractivity contribution in [1.29, 1.82) is 0 Å². The molecule has 0 saturated heterocycles. The second-order valence-electron chi connectivity index (χ2n) is 10.7. The average molecular weight is 454 g/mol. The molecule has 0 aliphatic carbocycles. The van der Waals surface area contributed by atoms with Crippen LogP contribution in [-0.2, 0) is 9.59 Å². The van der Waals surface area contributed by atoms with Crippen molar-refractivity contribution >= 4 is 11.9 Å². The number of rotatable bonds is 22. The van der Waals surface area contributed by atoms with E-state index in [1.54, 1.807) is 0 Å². The van der Waals surface area contributed by atoms with Crippen molar-refractivity contribution in [2.75, 3.05) is 27.7 Å². The first-order valence-corrected chi connectivity index (χ1v) is 13.1. The van der Waals surface area contributed by atoms with Gasteiger partial charge in [0.25, 0.3) is 0 Å². The lowest BCUT2D eigenvalue weighted by Crippen LogP contribution is -2.53. The van der Waals surface area contributed by atoms with Crippen LogP contribution < -0.4 is 5.11 Å². The summed E-state index contributed by atoms with van der Waals surface area (Å²) in [4.78, 5) is 22.6. The fourth-order valence-electron chi connectivity index (χ4n) is 4.51. The first-order chi connectivity index (χ1) is 15.1. The van der Waals surface area contributed by atoms with Crippen LogP contribution >= 0.6 is 0 Å². The lowest BCUT2D eigenvalue weighted by molar-refractivity contribution is -0.876. The van der Waals surface area contributed by atoms with Crippen LogP contribution in [0.3, 0.4) is 0 Å². The van der Waals surface area contributed by atoms with Crippen LogP contribution in [0.2, 0.25) is 0 Å². The number of likely N-dealkylation sites (N-methyl/N-ethyl adjacent to an activating group) is 1. The maximum Gasteiger partial charge on any atom is 0.150 e. The fourth-order valence-corrected chi connectivity index (χ4v) is 4.51. The maximum absolute atomic E-state index is 11.5. The Kier molecular flexibility index (Phi) is 17.6. The Morgan fingerprint density at radius 1 is 0.781 bits per heavy atom. The molecule has 5 nitrogen and oxygen atoms in total. The van der Waals surface area contributed by atoms with Gasteiger partial charge in [-0.25, -0.2) is 4.79 Å². The van der Waals surface area contributed by atoms with Crippen LogP contribution in [0.5, 0.6) is 0 Å². The van der Waals surface area contributed by atoms with Crippen molar-refractivity contribution in [1.82, 2.24) is 0 Å². The number of aliphatic hydroxyl groups is 1. The number of carboxylic acid groups (broad SMARTS) is 1. The van der Waals surface area contributed by atoms with E-state index < -0.39 is 18.0 Å². The first kappa shape index (κ1) is 30.8. The van der Waals surface area contributed by atoms with Crippen LogP contribution in [0.4, 0.5) is 0 Å². The zero-order valence-electron chi connectivity index (χ0n) is 21.6. The van der Waals surface area contributed by atoms with Crippen molar-refractivity contribution in [3.8, 4) is 0 Å². The number of quaternary nitrogens is 1. The molecule has 0 aliphatic rings. The van der Waals surface area contributed by atoms with E-state index in [0.717, 1.165) is 19.3 Å². The summed E-state index contributed by atoms with van der Waals surface area (Å²) in [6.07, 6.45) is 20.2. The molecule has 0 aromatic rings. The van der Waals surface area contributed by atoms with Gasteiger partial charge in [-0.1, -0.05) is 103 Å². The molecular formula is C27H51NO4. The number of aliphatic carboxylic acids is 1. The lowest BCUT2D eigenvalue weighted by Gasteiger charge is -2.36. The lowest BCUT2D eigenvalue weighted by atomic mass is 9.86. The second kappa shape index (κ2) is 18.3. The zero-order valence-corrected chi connectivity index (χ0v) is 21.6. The van der Waals surface area contributed by atoms with E-state index in [-0.39, 0.29) is 12.1 Å². The smallest absolute Gasteiger partial charge is 0.150 e. The van der Waals surface area contributed by atoms with E-state index >= 15 is 0 Å². The Balaban J connectivity index is 3.87. The van der Waals surface area contributed by atoms with E-state index in [2.05, 4.69) is 6.92 Å². The number of hydrogen-bond donors (Lipinski definition) is 1. The minimum atomic E-state index is -1.69. The summed E-state index contributed by atoms with van der Waals surface area (Å²) in [6.45, 7) is 2.40. The molecule has 0 amide bonds. The number of nitrogens with zero attached hydrogens (tertiary/aromatic N) is 1. The standard InChI is InChI=1S/C27H51NO4/c1-5-6-7-8-9-10-11-12-13-14-15-16-17-18-19-20-21-25(23-29)27(32,22-26(30)31)24-28(2,3)4/h32H,5-22,24H2,1-4H3. The summed E-state index contributed by atoms with van der Waals surface area (Å²) < 4.78 is 0.355. The summed E-state index contributed by atoms with van der Waals surface area (Å²) in [5.74, 6) is 0.492. The fraction of sp³-hybridized carbons (Fsp3) is 0.889. The molecule has 1 N–H and O–H groups in total. The predicted molar refractivity (Wildman–Crippen MR) is 131 cm³/mol. The van der Waals surface area contributed by atoms with Crippen molar-refractivity contribution in [3.63, 3.8) is 0 Å². The molecule has 0 aromatic carbocycles. The van der Waals surface area contributed by atoms with E-state index in [0.29, 0.717) is 10.9 Å². The molecule has 0 fully saturated rings. The molecule has 0 spiro atoms. The summed E-state index contributed by atoms with van der Waals surface area (Å²) in [5, 5.41) is 22.0. The molecule has 0 radical (unpaired) electrons. The van der Waals surface area contributed by atoms with E-state index in [1.807, 2.05) is 27.1 Å². The topological polar surface area (TPSA) is 77.4 Å². The summed E-state index contributed by atoms with van der Waals surface area (Å²) in [6, 6.07) is 0. The van der Waals surface area contributed by atoms with Crippen molar-refractivity contribution in [2.45, 2.75) is 128 Å². The van der Waals surface area contributed by atoms with Gasteiger partial charge in [0.2, 0.25) is 0 Å². The number of carbonyl (C=O) groups excluding carboxylic acids is 2. The van der Waals surface area contributed by atoms with Gasteiger partial charge in [0.05, 0.1) is 26.7 Å². The van der Waals surface area contributed by atoms with Crippen LogP contribution in [-0.4, -0.2) is 54.8 Å². The SMILES string of the molecule is CCCCCCCCCCCCCCCCCCC(=C=O)C(O)(CC(=O)[O-])C[N+](C)(C)C. The van der Waals surface area contributed by atoms with Crippen LogP contribution in [0.25, 0.3) is 0 Å². The van der Waals surface area contributed by atoms with Gasteiger partial charge in [-0.2, -0.15) is 0 Å². The summed E-state index contributed by atoms with van der Waals surface area (Å²) in [7, 11) is 5.58. The van der Waals surface area contributed by atoms with Crippen molar-refractivity contribution in [2.24, 2.45) is 0 Å². The number of carboxylic acids is 1. The largest absolute Gasteiger partial charge is 0.550 e. The van der Waals surface area contributed by atoms with Gasteiger partial charge in [0.1, 0.15) is 18.1 Å². The molecule has 1 unspecified atom stereocenters. The summed E-state index contributed by atoms with van der Waals surface area (Å²) >= 11 is 0. The molecular weight excluding hydrogens is 402 g/mol. The van der Waals surface area contributed by atoms with Gasteiger partial charge in [-0.15, -0.1) is 0 Å². The monoisotopic (exact) mass is 453 g/mol. The first-order valence-electron chi connectivity index (χ1n) is 13.1. The van der Waals surface area contributed by atoms with E-state index in [1.165, 1.54) is 83.5 Å². The highest BCUT2D eigenvalue weighted by Crippen LogP contribution is 2.26. The Morgan fingerprint density at radius 3 is 1.47 bits per heavy atom. The van der Waals surface area contributed by atoms with Gasteiger partial charge < -0.3 is 19.5 Å². The normalized spacial score (nSPS) is 13.5. The molecule has 188 valence electrons. The molecule has 5 heteroatoms. The third kappa shape index (κ3) is 17.4. The zero-order chi connectivity index (χ0) is 24.3. The Hall–Kier alpha value is -1.16. The van der Waals surface area contributed by atoms with Crippen molar-refractivity contribution in [3.05, 3.63) is 5.57 Å². The Labute approximate surface area is 197 Å². The average Bonchev–Trinajstić information content (AvgIpc) is 2.68. The quantitative estimate of drug-likeness (QED) is 0.143. The third-order valence-corrected chi connectivity index (χ3v) is 6.14. The highest BCUT2D eigenvalue weighted by Gasteiger charge is 2.38. The molecule has 0 saturated carbocycles. The minimum Gasteiger partial charge on any atom is -0.550 e. The maximum atomic E-state index is 11.5. The molecule has 0 bridgehead atoms. The van der Waals surface area contributed by atoms with Crippen LogP contribution in [0.15, 0.2) is 5.57 Å². The van der Waals surface area contributed by atoms with Crippen molar-refractivity contribution < 1.29 is 24.3 Å². The highest BCUT2D eigenvalue weighted by atomic mass is 16.4. The molecule has 0 aliphatic heterocycles. The molecule has 0 heterocycles. The van der Waals surface area contributed by atoms with Gasteiger partial charge in [-0.05, 0) is 12.8 Å². The molecule has 0 aromatic heterocycles. The predicted octanol–water partition coefficient (Wildman–Crippen LogP) is 4.97. The highest BCUT2D eigenvalue weighted by molar-refractivity contribution is 5.69. The van der Waals surface area contributed by atoms with Crippen LogP contribution in [0, 0.1) is 0 Å². The minimum absolute atomic E-state index is 0.143. The van der Waals surface area contributed by atoms with Gasteiger partial charge in [0, 0.05) is 12.4 Å². The van der Waals surface area contributed by atoms with Crippen LogP contribution in [0.1, 0.15) is 122 Å². The van der Waals surface area contributed by atoms with E-state index in [9.17, 15) is 19.8 Å². The number of hydrogen-bond acceptors (Lipinski definition) is 4. The van der Waals surface area contributed by atoms with Gasteiger partial charge in [0.15, 0.2) is 0 Å². The summed E-state index contributed by atoms with van der Waals surface area (Å²) in [5.41, 5.74) is -1.52.